The maximum absolute atomic E-state index is 12.3. The number of hydrogen-bond donors (Lipinski definition) is 2. The highest BCUT2D eigenvalue weighted by molar-refractivity contribution is 7.92. The quantitative estimate of drug-likeness (QED) is 0.857. The number of aromatic nitrogens is 1. The fourth-order valence-electron chi connectivity index (χ4n) is 2.70. The molecule has 0 atom stereocenters. The van der Waals surface area contributed by atoms with Crippen molar-refractivity contribution < 1.29 is 8.42 Å². The van der Waals surface area contributed by atoms with Crippen molar-refractivity contribution in [1.29, 1.82) is 0 Å². The van der Waals surface area contributed by atoms with Gasteiger partial charge in [-0.05, 0) is 37.1 Å². The largest absolute Gasteiger partial charge is 0.381 e. The van der Waals surface area contributed by atoms with Crippen molar-refractivity contribution in [1.82, 2.24) is 4.98 Å². The lowest BCUT2D eigenvalue weighted by Gasteiger charge is -2.14. The molecule has 0 spiro atoms. The van der Waals surface area contributed by atoms with E-state index in [4.69, 9.17) is 11.6 Å². The number of benzene rings is 1. The predicted octanol–water partition coefficient (Wildman–Crippen LogP) is 3.89. The highest BCUT2D eigenvalue weighted by Gasteiger charge is 2.18. The normalized spacial score (nSPS) is 15.5. The van der Waals surface area contributed by atoms with Crippen LogP contribution in [0.15, 0.2) is 47.5 Å². The number of rotatable bonds is 5. The summed E-state index contributed by atoms with van der Waals surface area (Å²) in [6.45, 7) is 0. The van der Waals surface area contributed by atoms with Gasteiger partial charge in [-0.3, -0.25) is 4.72 Å². The molecule has 0 radical (unpaired) electrons. The molecule has 1 aliphatic rings. The zero-order chi connectivity index (χ0) is 16.3. The van der Waals surface area contributed by atoms with E-state index in [0.717, 1.165) is 5.69 Å². The summed E-state index contributed by atoms with van der Waals surface area (Å²) < 4.78 is 27.1. The molecule has 3 rings (SSSR count). The minimum atomic E-state index is -3.74. The van der Waals surface area contributed by atoms with Gasteiger partial charge in [0.15, 0.2) is 0 Å². The Morgan fingerprint density at radius 1 is 1.09 bits per heavy atom. The van der Waals surface area contributed by atoms with Crippen LogP contribution in [-0.4, -0.2) is 19.4 Å². The van der Waals surface area contributed by atoms with Crippen LogP contribution >= 0.6 is 11.6 Å². The second kappa shape index (κ2) is 6.76. The lowest BCUT2D eigenvalue weighted by molar-refractivity contribution is 0.601. The molecule has 0 bridgehead atoms. The lowest BCUT2D eigenvalue weighted by atomic mass is 10.2. The molecule has 1 aliphatic carbocycles. The third kappa shape index (κ3) is 3.95. The molecule has 2 N–H and O–H groups in total. The van der Waals surface area contributed by atoms with Gasteiger partial charge in [-0.25, -0.2) is 13.4 Å². The zero-order valence-electron chi connectivity index (χ0n) is 12.5. The first-order valence-corrected chi connectivity index (χ1v) is 9.41. The monoisotopic (exact) mass is 351 g/mol. The fourth-order valence-corrected chi connectivity index (χ4v) is 4.23. The van der Waals surface area contributed by atoms with E-state index < -0.39 is 10.0 Å². The molecule has 2 aromatic rings. The highest BCUT2D eigenvalue weighted by Crippen LogP contribution is 2.24. The first-order valence-electron chi connectivity index (χ1n) is 7.54. The maximum Gasteiger partial charge on any atom is 0.264 e. The highest BCUT2D eigenvalue weighted by atomic mass is 35.5. The predicted molar refractivity (Wildman–Crippen MR) is 92.4 cm³/mol. The Labute approximate surface area is 141 Å². The molecular formula is C16H18ClN3O2S. The van der Waals surface area contributed by atoms with Crippen LogP contribution in [0, 0.1) is 0 Å². The Morgan fingerprint density at radius 3 is 2.48 bits per heavy atom. The molecule has 0 amide bonds. The van der Waals surface area contributed by atoms with Gasteiger partial charge in [0.2, 0.25) is 0 Å². The van der Waals surface area contributed by atoms with Gasteiger partial charge in [-0.2, -0.15) is 0 Å². The maximum atomic E-state index is 12.3. The van der Waals surface area contributed by atoms with Crippen molar-refractivity contribution in [3.63, 3.8) is 0 Å². The standard InChI is InChI=1S/C16H18ClN3O2S/c17-14-7-3-4-8-15(14)23(21,22)20-16-10-9-13(11-18-16)19-12-5-1-2-6-12/h3-4,7-12,19H,1-2,5-6H2,(H,18,20). The molecule has 7 heteroatoms. The van der Waals surface area contributed by atoms with Crippen LogP contribution < -0.4 is 10.0 Å². The molecule has 0 aliphatic heterocycles. The summed E-state index contributed by atoms with van der Waals surface area (Å²) in [4.78, 5) is 4.20. The van der Waals surface area contributed by atoms with E-state index in [1.807, 2.05) is 6.07 Å². The number of hydrogen-bond acceptors (Lipinski definition) is 4. The van der Waals surface area contributed by atoms with Crippen molar-refractivity contribution in [2.24, 2.45) is 0 Å². The van der Waals surface area contributed by atoms with Crippen molar-refractivity contribution in [2.45, 2.75) is 36.6 Å². The van der Waals surface area contributed by atoms with Gasteiger partial charge < -0.3 is 5.32 Å². The van der Waals surface area contributed by atoms with Crippen LogP contribution in [0.25, 0.3) is 0 Å². The summed E-state index contributed by atoms with van der Waals surface area (Å²) in [6, 6.07) is 10.3. The third-order valence-electron chi connectivity index (χ3n) is 3.85. The number of nitrogens with zero attached hydrogens (tertiary/aromatic N) is 1. The molecule has 1 aromatic heterocycles. The molecule has 0 saturated heterocycles. The van der Waals surface area contributed by atoms with E-state index in [9.17, 15) is 8.42 Å². The van der Waals surface area contributed by atoms with Gasteiger partial charge >= 0.3 is 0 Å². The van der Waals surface area contributed by atoms with Crippen LogP contribution in [0.3, 0.4) is 0 Å². The van der Waals surface area contributed by atoms with Gasteiger partial charge in [-0.1, -0.05) is 36.6 Å². The minimum Gasteiger partial charge on any atom is -0.381 e. The summed E-state index contributed by atoms with van der Waals surface area (Å²) in [5.74, 6) is 0.266. The Balaban J connectivity index is 1.71. The van der Waals surface area contributed by atoms with Gasteiger partial charge in [-0.15, -0.1) is 0 Å². The van der Waals surface area contributed by atoms with E-state index >= 15 is 0 Å². The average molecular weight is 352 g/mol. The summed E-state index contributed by atoms with van der Waals surface area (Å²) in [5.41, 5.74) is 0.901. The number of pyridine rings is 1. The Bertz CT molecular complexity index is 772. The minimum absolute atomic E-state index is 0.0385. The van der Waals surface area contributed by atoms with Crippen LogP contribution in [0.2, 0.25) is 5.02 Å². The van der Waals surface area contributed by atoms with Crippen LogP contribution in [0.1, 0.15) is 25.7 Å². The molecule has 1 aromatic carbocycles. The second-order valence-electron chi connectivity index (χ2n) is 5.59. The van der Waals surface area contributed by atoms with E-state index in [2.05, 4.69) is 15.0 Å². The molecule has 1 heterocycles. The van der Waals surface area contributed by atoms with E-state index in [-0.39, 0.29) is 15.7 Å². The van der Waals surface area contributed by atoms with Crippen molar-refractivity contribution in [2.75, 3.05) is 10.0 Å². The molecule has 5 nitrogen and oxygen atoms in total. The number of nitrogens with one attached hydrogen (secondary N) is 2. The van der Waals surface area contributed by atoms with Crippen molar-refractivity contribution >= 4 is 33.1 Å². The van der Waals surface area contributed by atoms with E-state index in [0.29, 0.717) is 6.04 Å². The number of halogens is 1. The Morgan fingerprint density at radius 2 is 1.83 bits per heavy atom. The van der Waals surface area contributed by atoms with Crippen molar-refractivity contribution in [3.8, 4) is 0 Å². The van der Waals surface area contributed by atoms with Crippen LogP contribution in [0.5, 0.6) is 0 Å². The van der Waals surface area contributed by atoms with Gasteiger partial charge in [0.1, 0.15) is 10.7 Å². The number of anilines is 2. The van der Waals surface area contributed by atoms with Gasteiger partial charge in [0, 0.05) is 6.04 Å². The second-order valence-corrected chi connectivity index (χ2v) is 7.65. The number of sulfonamides is 1. The average Bonchev–Trinajstić information content (AvgIpc) is 3.02. The van der Waals surface area contributed by atoms with Crippen LogP contribution in [-0.2, 0) is 10.0 Å². The summed E-state index contributed by atoms with van der Waals surface area (Å²) >= 11 is 5.95. The lowest BCUT2D eigenvalue weighted by Crippen LogP contribution is -2.16. The molecule has 1 saturated carbocycles. The Hall–Kier alpha value is -1.79. The SMILES string of the molecule is O=S(=O)(Nc1ccc(NC2CCCC2)cn1)c1ccccc1Cl. The van der Waals surface area contributed by atoms with Crippen molar-refractivity contribution in [3.05, 3.63) is 47.6 Å². The zero-order valence-corrected chi connectivity index (χ0v) is 14.1. The topological polar surface area (TPSA) is 71.1 Å². The molecule has 122 valence electrons. The summed E-state index contributed by atoms with van der Waals surface area (Å²) in [7, 11) is -3.74. The Kier molecular flexibility index (Phi) is 4.73. The molecule has 0 unspecified atom stereocenters. The summed E-state index contributed by atoms with van der Waals surface area (Å²) in [6.07, 6.45) is 6.48. The first kappa shape index (κ1) is 16.1. The van der Waals surface area contributed by atoms with Gasteiger partial charge in [0.05, 0.1) is 16.9 Å². The van der Waals surface area contributed by atoms with E-state index in [1.165, 1.54) is 37.8 Å². The van der Waals surface area contributed by atoms with Crippen LogP contribution in [0.4, 0.5) is 11.5 Å². The molecule has 23 heavy (non-hydrogen) atoms. The van der Waals surface area contributed by atoms with Gasteiger partial charge in [0.25, 0.3) is 10.0 Å². The fraction of sp³-hybridized carbons (Fsp3) is 0.312. The van der Waals surface area contributed by atoms with E-state index in [1.54, 1.807) is 24.4 Å². The molecular weight excluding hydrogens is 334 g/mol. The first-order chi connectivity index (χ1) is 11.0. The summed E-state index contributed by atoms with van der Waals surface area (Å²) in [5, 5.41) is 3.59. The molecule has 1 fully saturated rings. The third-order valence-corrected chi connectivity index (χ3v) is 5.71. The smallest absolute Gasteiger partial charge is 0.264 e.